The van der Waals surface area contributed by atoms with Crippen LogP contribution in [0, 0.1) is 11.8 Å². The molecule has 9 heteroatoms. The molecule has 3 saturated heterocycles. The number of rotatable bonds is 12. The molecule has 1 N–H and O–H groups in total. The fourth-order valence-electron chi connectivity index (χ4n) is 6.43. The maximum Gasteiger partial charge on any atom is 0.248 e. The summed E-state index contributed by atoms with van der Waals surface area (Å²) in [4.78, 5) is 47.1. The average Bonchev–Trinajstić information content (AvgIpc) is 3.48. The molecule has 206 valence electrons. The van der Waals surface area contributed by atoms with Gasteiger partial charge in [0, 0.05) is 43.7 Å². The van der Waals surface area contributed by atoms with Crippen LogP contribution in [-0.4, -0.2) is 92.4 Å². The predicted molar refractivity (Wildman–Crippen MR) is 148 cm³/mol. The van der Waals surface area contributed by atoms with Gasteiger partial charge in [-0.1, -0.05) is 58.4 Å². The lowest BCUT2D eigenvalue weighted by atomic mass is 9.70. The van der Waals surface area contributed by atoms with Crippen LogP contribution in [0.2, 0.25) is 0 Å². The second-order valence-corrected chi connectivity index (χ2v) is 11.8. The highest BCUT2D eigenvalue weighted by molar-refractivity contribution is 9.09. The van der Waals surface area contributed by atoms with E-state index in [0.717, 1.165) is 5.56 Å². The number of nitrogens with zero attached hydrogens (tertiary/aromatic N) is 3. The summed E-state index contributed by atoms with van der Waals surface area (Å²) >= 11 is 3.73. The highest BCUT2D eigenvalue weighted by Gasteiger charge is 2.76. The Morgan fingerprint density at radius 2 is 1.89 bits per heavy atom. The molecule has 3 fully saturated rings. The van der Waals surface area contributed by atoms with Crippen molar-refractivity contribution in [1.82, 2.24) is 14.7 Å². The molecule has 1 aromatic carbocycles. The zero-order valence-electron chi connectivity index (χ0n) is 22.2. The van der Waals surface area contributed by atoms with Crippen molar-refractivity contribution in [3.05, 3.63) is 61.2 Å². The van der Waals surface area contributed by atoms with Gasteiger partial charge in [-0.2, -0.15) is 0 Å². The van der Waals surface area contributed by atoms with Gasteiger partial charge in [0.2, 0.25) is 17.7 Å². The van der Waals surface area contributed by atoms with Gasteiger partial charge in [-0.05, 0) is 32.3 Å². The lowest BCUT2D eigenvalue weighted by Crippen LogP contribution is -2.58. The van der Waals surface area contributed by atoms with Crippen molar-refractivity contribution in [3.63, 3.8) is 0 Å². The molecule has 3 unspecified atom stereocenters. The van der Waals surface area contributed by atoms with Crippen molar-refractivity contribution in [2.45, 2.75) is 61.8 Å². The van der Waals surface area contributed by atoms with E-state index >= 15 is 0 Å². The number of hydrogen-bond acceptors (Lipinski definition) is 5. The molecule has 8 nitrogen and oxygen atoms in total. The molecule has 1 spiro atoms. The van der Waals surface area contributed by atoms with Crippen molar-refractivity contribution < 1.29 is 24.2 Å². The van der Waals surface area contributed by atoms with Crippen LogP contribution >= 0.6 is 15.9 Å². The number of amides is 3. The van der Waals surface area contributed by atoms with E-state index < -0.39 is 29.6 Å². The van der Waals surface area contributed by atoms with Gasteiger partial charge in [-0.25, -0.2) is 0 Å². The summed E-state index contributed by atoms with van der Waals surface area (Å²) in [6, 6.07) is 8.71. The van der Waals surface area contributed by atoms with Crippen LogP contribution in [0.4, 0.5) is 0 Å². The summed E-state index contributed by atoms with van der Waals surface area (Å²) in [5.41, 5.74) is -0.145. The largest absolute Gasteiger partial charge is 0.396 e. The van der Waals surface area contributed by atoms with Gasteiger partial charge >= 0.3 is 0 Å². The SMILES string of the molecule is C=CCN(Cc1ccccc1)C(=O)[C@H]1[C@@H]2OC3(CC2Br)C(C(=O)N(CC=C)C(C)C)N(CCCO)C(=O)[C@H]13. The maximum absolute atomic E-state index is 14.2. The number of hydrogen-bond donors (Lipinski definition) is 1. The Morgan fingerprint density at radius 3 is 2.50 bits per heavy atom. The summed E-state index contributed by atoms with van der Waals surface area (Å²) in [5, 5.41) is 9.55. The quantitative estimate of drug-likeness (QED) is 0.300. The highest BCUT2D eigenvalue weighted by atomic mass is 79.9. The number of fused-ring (bicyclic) bond motifs is 1. The number of likely N-dealkylation sites (tertiary alicyclic amines) is 1. The van der Waals surface area contributed by atoms with Crippen LogP contribution in [0.5, 0.6) is 0 Å². The first kappa shape index (κ1) is 28.5. The minimum absolute atomic E-state index is 0.111. The molecule has 1 aromatic rings. The summed E-state index contributed by atoms with van der Waals surface area (Å²) in [6.07, 6.45) is 3.61. The normalized spacial score (nSPS) is 29.4. The van der Waals surface area contributed by atoms with Crippen LogP contribution in [0.3, 0.4) is 0 Å². The maximum atomic E-state index is 14.2. The standard InChI is InChI=1S/C29H38BrN3O5/c1-5-13-31(18-20-11-8-7-9-12-20)26(35)22-23-27(36)33(15-10-16-34)25(28(37)32(14-6-2)19(3)4)29(23)17-21(30)24(22)38-29/h5-9,11-12,19,21-25,34H,1-2,10,13-18H2,3-4H3/t21?,22-,23+,24-,25?,29?/m1/s1. The molecular weight excluding hydrogens is 550 g/mol. The summed E-state index contributed by atoms with van der Waals surface area (Å²) in [7, 11) is 0. The first-order valence-corrected chi connectivity index (χ1v) is 14.2. The zero-order chi connectivity index (χ0) is 27.6. The number of halogens is 1. The van der Waals surface area contributed by atoms with Crippen molar-refractivity contribution in [3.8, 4) is 0 Å². The topological polar surface area (TPSA) is 90.4 Å². The minimum atomic E-state index is -1.12. The molecule has 4 rings (SSSR count). The summed E-state index contributed by atoms with van der Waals surface area (Å²) in [5.74, 6) is -2.15. The van der Waals surface area contributed by atoms with Crippen molar-refractivity contribution in [1.29, 1.82) is 0 Å². The molecule has 0 aromatic heterocycles. The van der Waals surface area contributed by atoms with Crippen molar-refractivity contribution >= 4 is 33.7 Å². The Hall–Kier alpha value is -2.49. The monoisotopic (exact) mass is 587 g/mol. The van der Waals surface area contributed by atoms with E-state index in [1.54, 1.807) is 26.9 Å². The number of benzene rings is 1. The Balaban J connectivity index is 1.73. The van der Waals surface area contributed by atoms with Gasteiger partial charge in [0.1, 0.15) is 11.6 Å². The van der Waals surface area contributed by atoms with Gasteiger partial charge < -0.3 is 24.5 Å². The van der Waals surface area contributed by atoms with Gasteiger partial charge in [-0.3, -0.25) is 14.4 Å². The van der Waals surface area contributed by atoms with Gasteiger partial charge in [0.05, 0.1) is 17.9 Å². The van der Waals surface area contributed by atoms with E-state index in [0.29, 0.717) is 32.5 Å². The molecule has 0 radical (unpaired) electrons. The van der Waals surface area contributed by atoms with Crippen molar-refractivity contribution in [2.75, 3.05) is 26.2 Å². The Bertz CT molecular complexity index is 1070. The van der Waals surface area contributed by atoms with E-state index in [9.17, 15) is 19.5 Å². The van der Waals surface area contributed by atoms with Gasteiger partial charge in [0.15, 0.2) is 0 Å². The number of ether oxygens (including phenoxy) is 1. The lowest BCUT2D eigenvalue weighted by molar-refractivity contribution is -0.149. The first-order chi connectivity index (χ1) is 18.2. The number of aliphatic hydroxyl groups is 1. The van der Waals surface area contributed by atoms with Crippen LogP contribution in [0.1, 0.15) is 32.3 Å². The van der Waals surface area contributed by atoms with E-state index in [4.69, 9.17) is 4.74 Å². The van der Waals surface area contributed by atoms with Crippen LogP contribution in [-0.2, 0) is 25.7 Å². The molecular formula is C29H38BrN3O5. The van der Waals surface area contributed by atoms with Crippen LogP contribution in [0.15, 0.2) is 55.6 Å². The Kier molecular flexibility index (Phi) is 8.79. The molecule has 0 aliphatic carbocycles. The Labute approximate surface area is 233 Å². The van der Waals surface area contributed by atoms with Gasteiger partial charge in [-0.15, -0.1) is 13.2 Å². The molecule has 0 saturated carbocycles. The third kappa shape index (κ3) is 4.84. The minimum Gasteiger partial charge on any atom is -0.396 e. The molecule has 2 bridgehead atoms. The number of carbonyl (C=O) groups is 3. The van der Waals surface area contributed by atoms with E-state index in [2.05, 4.69) is 29.1 Å². The average molecular weight is 589 g/mol. The summed E-state index contributed by atoms with van der Waals surface area (Å²) < 4.78 is 6.61. The number of carbonyl (C=O) groups excluding carboxylic acids is 3. The molecule has 38 heavy (non-hydrogen) atoms. The highest BCUT2D eigenvalue weighted by Crippen LogP contribution is 2.60. The third-order valence-electron chi connectivity index (χ3n) is 7.98. The molecule has 6 atom stereocenters. The fraction of sp³-hybridized carbons (Fsp3) is 0.552. The molecule has 3 heterocycles. The second-order valence-electron chi connectivity index (χ2n) is 10.6. The molecule has 3 aliphatic rings. The fourth-order valence-corrected chi connectivity index (χ4v) is 7.37. The smallest absolute Gasteiger partial charge is 0.248 e. The third-order valence-corrected chi connectivity index (χ3v) is 8.82. The molecule has 3 amide bonds. The second kappa shape index (κ2) is 11.7. The van der Waals surface area contributed by atoms with Crippen molar-refractivity contribution in [2.24, 2.45) is 11.8 Å². The van der Waals surface area contributed by atoms with Crippen LogP contribution in [0.25, 0.3) is 0 Å². The van der Waals surface area contributed by atoms with Crippen LogP contribution < -0.4 is 0 Å². The van der Waals surface area contributed by atoms with Gasteiger partial charge in [0.25, 0.3) is 0 Å². The Morgan fingerprint density at radius 1 is 1.21 bits per heavy atom. The number of aliphatic hydroxyl groups excluding tert-OH is 1. The lowest BCUT2D eigenvalue weighted by Gasteiger charge is -2.38. The van der Waals surface area contributed by atoms with E-state index in [1.165, 1.54) is 0 Å². The predicted octanol–water partition coefficient (Wildman–Crippen LogP) is 2.75. The van der Waals surface area contributed by atoms with E-state index in [1.807, 2.05) is 44.2 Å². The number of alkyl halides is 1. The zero-order valence-corrected chi connectivity index (χ0v) is 23.8. The van der Waals surface area contributed by atoms with E-state index in [-0.39, 0.29) is 41.7 Å². The first-order valence-electron chi connectivity index (χ1n) is 13.3. The summed E-state index contributed by atoms with van der Waals surface area (Å²) in [6.45, 7) is 12.6. The molecule has 3 aliphatic heterocycles.